The van der Waals surface area contributed by atoms with Crippen molar-refractivity contribution in [2.75, 3.05) is 26.6 Å². The molecule has 0 bridgehead atoms. The average Bonchev–Trinajstić information content (AvgIpc) is 3.31. The van der Waals surface area contributed by atoms with E-state index in [0.717, 1.165) is 15.8 Å². The molecule has 5 rings (SSSR count). The summed E-state index contributed by atoms with van der Waals surface area (Å²) in [5.74, 6) is -0.453. The molecule has 0 saturated heterocycles. The van der Waals surface area contributed by atoms with Crippen LogP contribution in [0.3, 0.4) is 0 Å². The van der Waals surface area contributed by atoms with E-state index in [0.29, 0.717) is 40.5 Å². The highest BCUT2D eigenvalue weighted by molar-refractivity contribution is 6.00. The van der Waals surface area contributed by atoms with Crippen molar-refractivity contribution in [3.05, 3.63) is 70.2 Å². The fourth-order valence-electron chi connectivity index (χ4n) is 4.96. The summed E-state index contributed by atoms with van der Waals surface area (Å²) in [4.78, 5) is 17.4. The fourth-order valence-corrected chi connectivity index (χ4v) is 4.96. The van der Waals surface area contributed by atoms with Crippen molar-refractivity contribution in [1.82, 2.24) is 14.8 Å². The minimum Gasteiger partial charge on any atom is -0.493 e. The van der Waals surface area contributed by atoms with E-state index in [1.807, 2.05) is 19.1 Å². The number of aryl methyl sites for hydroxylation is 1. The molecule has 0 saturated carbocycles. The number of methoxy groups -OCH3 is 3. The maximum absolute atomic E-state index is 13.6. The number of hydrogen-bond acceptors (Lipinski definition) is 7. The van der Waals surface area contributed by atoms with Gasteiger partial charge in [-0.25, -0.2) is 4.68 Å². The summed E-state index contributed by atoms with van der Waals surface area (Å²) in [6.45, 7) is 1.91. The number of carbonyl (C=O) groups excluding carboxylic acids is 1. The summed E-state index contributed by atoms with van der Waals surface area (Å²) in [7, 11) is 4.52. The Labute approximate surface area is 211 Å². The second-order valence-corrected chi connectivity index (χ2v) is 9.02. The zero-order valence-corrected chi connectivity index (χ0v) is 20.6. The smallest absolute Gasteiger partial charge is 0.453 e. The fraction of sp³-hybridized carbons (Fsp3) is 0.346. The van der Waals surface area contributed by atoms with Crippen LogP contribution < -0.4 is 19.5 Å². The van der Waals surface area contributed by atoms with Crippen molar-refractivity contribution >= 4 is 11.7 Å². The van der Waals surface area contributed by atoms with Crippen molar-refractivity contribution in [2.45, 2.75) is 37.9 Å². The summed E-state index contributed by atoms with van der Waals surface area (Å²) in [5.41, 5.74) is 3.33. The summed E-state index contributed by atoms with van der Waals surface area (Å²) in [5, 5.41) is 6.73. The van der Waals surface area contributed by atoms with Crippen LogP contribution in [-0.2, 0) is 11.0 Å². The van der Waals surface area contributed by atoms with Gasteiger partial charge in [-0.1, -0.05) is 29.8 Å². The molecule has 0 fully saturated rings. The maximum atomic E-state index is 13.6. The van der Waals surface area contributed by atoms with Crippen LogP contribution in [-0.4, -0.2) is 41.9 Å². The van der Waals surface area contributed by atoms with Crippen LogP contribution in [0.4, 0.5) is 19.1 Å². The number of halogens is 3. The average molecular weight is 515 g/mol. The molecule has 3 aromatic rings. The Hall–Kier alpha value is -4.02. The molecule has 1 aliphatic carbocycles. The zero-order chi connectivity index (χ0) is 26.5. The van der Waals surface area contributed by atoms with E-state index in [1.165, 1.54) is 21.3 Å². The number of rotatable bonds is 5. The number of anilines is 1. The highest BCUT2D eigenvalue weighted by Crippen LogP contribution is 2.47. The molecule has 0 amide bonds. The van der Waals surface area contributed by atoms with Gasteiger partial charge in [-0.2, -0.15) is 18.2 Å². The SMILES string of the molecule is COc1cc([C@@H]2CC(=O)C3=C(C2)Nc2nc(C(F)(F)F)nn2[C@@H]3c2ccc(C)cc2)cc(OC)c1OC. The van der Waals surface area contributed by atoms with E-state index in [9.17, 15) is 18.0 Å². The third-order valence-corrected chi connectivity index (χ3v) is 6.72. The Morgan fingerprint density at radius 1 is 0.973 bits per heavy atom. The van der Waals surface area contributed by atoms with Crippen LogP contribution in [0.5, 0.6) is 17.2 Å². The zero-order valence-electron chi connectivity index (χ0n) is 20.6. The Bertz CT molecular complexity index is 1370. The molecule has 2 aromatic carbocycles. The number of aromatic nitrogens is 3. The van der Waals surface area contributed by atoms with Crippen molar-refractivity contribution in [1.29, 1.82) is 0 Å². The molecule has 2 atom stereocenters. The van der Waals surface area contributed by atoms with Gasteiger partial charge in [0.25, 0.3) is 5.82 Å². The van der Waals surface area contributed by atoms with E-state index in [2.05, 4.69) is 15.4 Å². The summed E-state index contributed by atoms with van der Waals surface area (Å²) in [6.07, 6.45) is -4.21. The van der Waals surface area contributed by atoms with Gasteiger partial charge in [-0.3, -0.25) is 4.79 Å². The largest absolute Gasteiger partial charge is 0.493 e. The van der Waals surface area contributed by atoms with Gasteiger partial charge in [-0.05, 0) is 42.5 Å². The van der Waals surface area contributed by atoms with Crippen LogP contribution in [0.2, 0.25) is 0 Å². The number of fused-ring (bicyclic) bond motifs is 1. The molecule has 2 aliphatic rings. The predicted molar refractivity (Wildman–Crippen MR) is 128 cm³/mol. The highest BCUT2D eigenvalue weighted by atomic mass is 19.4. The second-order valence-electron chi connectivity index (χ2n) is 9.02. The van der Waals surface area contributed by atoms with E-state index < -0.39 is 18.0 Å². The molecule has 8 nitrogen and oxygen atoms in total. The first-order valence-corrected chi connectivity index (χ1v) is 11.6. The van der Waals surface area contributed by atoms with Gasteiger partial charge < -0.3 is 19.5 Å². The van der Waals surface area contributed by atoms with Crippen molar-refractivity contribution in [2.24, 2.45) is 0 Å². The number of alkyl halides is 3. The summed E-state index contributed by atoms with van der Waals surface area (Å²) >= 11 is 0. The lowest BCUT2D eigenvalue weighted by molar-refractivity contribution is -0.145. The molecule has 1 aromatic heterocycles. The number of hydrogen-bond donors (Lipinski definition) is 1. The first-order chi connectivity index (χ1) is 17.6. The van der Waals surface area contributed by atoms with Gasteiger partial charge in [0, 0.05) is 17.7 Å². The second kappa shape index (κ2) is 9.13. The Morgan fingerprint density at radius 2 is 1.62 bits per heavy atom. The van der Waals surface area contributed by atoms with Crippen molar-refractivity contribution < 1.29 is 32.2 Å². The molecule has 0 unspecified atom stereocenters. The summed E-state index contributed by atoms with van der Waals surface area (Å²) in [6, 6.07) is 10.0. The summed E-state index contributed by atoms with van der Waals surface area (Å²) < 4.78 is 58.0. The number of nitrogens with zero attached hydrogens (tertiary/aromatic N) is 3. The van der Waals surface area contributed by atoms with E-state index in [1.54, 1.807) is 24.3 Å². The van der Waals surface area contributed by atoms with Crippen LogP contribution in [0.1, 0.15) is 47.3 Å². The Balaban J connectivity index is 1.60. The number of benzene rings is 2. The predicted octanol–water partition coefficient (Wildman–Crippen LogP) is 5.05. The lowest BCUT2D eigenvalue weighted by Gasteiger charge is -2.35. The first kappa shape index (κ1) is 24.7. The molecule has 11 heteroatoms. The molecule has 2 heterocycles. The van der Waals surface area contributed by atoms with Crippen LogP contribution >= 0.6 is 0 Å². The lowest BCUT2D eigenvalue weighted by Crippen LogP contribution is -2.33. The van der Waals surface area contributed by atoms with Gasteiger partial charge in [0.05, 0.1) is 21.3 Å². The number of carbonyl (C=O) groups is 1. The molecule has 0 spiro atoms. The van der Waals surface area contributed by atoms with Gasteiger partial charge in [0.15, 0.2) is 17.3 Å². The maximum Gasteiger partial charge on any atom is 0.453 e. The van der Waals surface area contributed by atoms with Gasteiger partial charge >= 0.3 is 6.18 Å². The minimum atomic E-state index is -4.73. The Morgan fingerprint density at radius 3 is 2.19 bits per heavy atom. The van der Waals surface area contributed by atoms with E-state index in [4.69, 9.17) is 14.2 Å². The lowest BCUT2D eigenvalue weighted by atomic mass is 9.77. The standard InChI is InChI=1S/C26H25F3N4O4/c1-13-5-7-14(8-6-13)22-21-17(30-25-31-24(26(27,28)29)32-33(22)25)9-15(10-18(21)34)16-11-19(35-2)23(37-4)20(12-16)36-3/h5-8,11-12,15,22H,9-10H2,1-4H3,(H,30,31,32)/t15-,22+/m0/s1. The highest BCUT2D eigenvalue weighted by Gasteiger charge is 2.43. The molecule has 0 radical (unpaired) electrons. The molecule has 1 N–H and O–H groups in total. The third-order valence-electron chi connectivity index (χ3n) is 6.72. The molecule has 194 valence electrons. The normalized spacial score (nSPS) is 19.2. The third kappa shape index (κ3) is 4.28. The molecular formula is C26H25F3N4O4. The first-order valence-electron chi connectivity index (χ1n) is 11.6. The molecule has 1 aliphatic heterocycles. The minimum absolute atomic E-state index is 0.0602. The van der Waals surface area contributed by atoms with Crippen LogP contribution in [0.25, 0.3) is 0 Å². The quantitative estimate of drug-likeness (QED) is 0.510. The number of allylic oxidation sites excluding steroid dienone is 2. The van der Waals surface area contributed by atoms with Gasteiger partial charge in [0.2, 0.25) is 11.7 Å². The van der Waals surface area contributed by atoms with Crippen LogP contribution in [0.15, 0.2) is 47.7 Å². The topological polar surface area (TPSA) is 87.5 Å². The van der Waals surface area contributed by atoms with Crippen LogP contribution in [0, 0.1) is 6.92 Å². The number of ether oxygens (including phenoxy) is 3. The van der Waals surface area contributed by atoms with Crippen molar-refractivity contribution in [3.8, 4) is 17.2 Å². The Kier molecular flexibility index (Phi) is 6.09. The van der Waals surface area contributed by atoms with E-state index in [-0.39, 0.29) is 24.1 Å². The number of nitrogens with one attached hydrogen (secondary N) is 1. The molecule has 37 heavy (non-hydrogen) atoms. The number of Topliss-reactive ketones (excluding diaryl/α,β-unsaturated/α-hetero) is 1. The monoisotopic (exact) mass is 514 g/mol. The van der Waals surface area contributed by atoms with Crippen molar-refractivity contribution in [3.63, 3.8) is 0 Å². The van der Waals surface area contributed by atoms with Gasteiger partial charge in [0.1, 0.15) is 6.04 Å². The molecular weight excluding hydrogens is 489 g/mol. The van der Waals surface area contributed by atoms with Gasteiger partial charge in [-0.15, -0.1) is 5.10 Å². The van der Waals surface area contributed by atoms with E-state index >= 15 is 0 Å². The number of ketones is 1.